The molecule has 0 unspecified atom stereocenters. The summed E-state index contributed by atoms with van der Waals surface area (Å²) in [6, 6.07) is 7.62. The van der Waals surface area contributed by atoms with Crippen molar-refractivity contribution in [2.24, 2.45) is 0 Å². The van der Waals surface area contributed by atoms with Crippen LogP contribution in [0, 0.1) is 21.7 Å². The number of halogens is 2. The Morgan fingerprint density at radius 2 is 1.95 bits per heavy atom. The van der Waals surface area contributed by atoms with Gasteiger partial charge < -0.3 is 10.1 Å². The summed E-state index contributed by atoms with van der Waals surface area (Å²) in [6.07, 6.45) is 0. The molecule has 21 heavy (non-hydrogen) atoms. The maximum Gasteiger partial charge on any atom is 0.271 e. The number of rotatable bonds is 5. The minimum atomic E-state index is -0.944. The van der Waals surface area contributed by atoms with Crippen LogP contribution in [0.15, 0.2) is 36.4 Å². The molecule has 0 amide bonds. The molecule has 0 aliphatic carbocycles. The van der Waals surface area contributed by atoms with Crippen LogP contribution in [0.25, 0.3) is 0 Å². The zero-order valence-corrected chi connectivity index (χ0v) is 11.1. The average molecular weight is 294 g/mol. The molecule has 0 saturated heterocycles. The molecule has 0 atom stereocenters. The van der Waals surface area contributed by atoms with E-state index in [1.807, 2.05) is 0 Å². The third kappa shape index (κ3) is 3.44. The van der Waals surface area contributed by atoms with Crippen LogP contribution in [0.3, 0.4) is 0 Å². The van der Waals surface area contributed by atoms with E-state index in [0.717, 1.165) is 12.1 Å². The van der Waals surface area contributed by atoms with Gasteiger partial charge in [0.05, 0.1) is 17.7 Å². The molecule has 1 N–H and O–H groups in total. The van der Waals surface area contributed by atoms with Gasteiger partial charge in [-0.05, 0) is 23.8 Å². The fraction of sp³-hybridized carbons (Fsp3) is 0.143. The largest absolute Gasteiger partial charge is 0.495 e. The van der Waals surface area contributed by atoms with Crippen LogP contribution in [0.4, 0.5) is 20.2 Å². The van der Waals surface area contributed by atoms with Crippen molar-refractivity contribution in [1.29, 1.82) is 0 Å². The Bertz CT molecular complexity index is 677. The normalized spacial score (nSPS) is 10.2. The molecule has 2 aromatic rings. The maximum absolute atomic E-state index is 13.1. The van der Waals surface area contributed by atoms with Crippen LogP contribution < -0.4 is 10.1 Å². The molecule has 0 aliphatic heterocycles. The summed E-state index contributed by atoms with van der Waals surface area (Å²) < 4.78 is 31.0. The van der Waals surface area contributed by atoms with Gasteiger partial charge in [-0.15, -0.1) is 0 Å². The molecule has 0 radical (unpaired) electrons. The Morgan fingerprint density at radius 1 is 1.19 bits per heavy atom. The molecule has 0 saturated carbocycles. The first kappa shape index (κ1) is 14.7. The third-order valence-electron chi connectivity index (χ3n) is 2.86. The van der Waals surface area contributed by atoms with Crippen LogP contribution in [0.1, 0.15) is 5.56 Å². The minimum Gasteiger partial charge on any atom is -0.495 e. The second-order valence-electron chi connectivity index (χ2n) is 4.24. The summed E-state index contributed by atoms with van der Waals surface area (Å²) >= 11 is 0. The summed E-state index contributed by atoms with van der Waals surface area (Å²) in [5, 5.41) is 13.7. The van der Waals surface area contributed by atoms with Gasteiger partial charge in [0, 0.05) is 18.7 Å². The standard InChI is InChI=1S/C14H12F2N2O3/c1-21-14-5-3-10(18(19)20)7-13(14)17-8-9-2-4-11(15)12(16)6-9/h2-7,17H,8H2,1H3. The number of nitro benzene ring substituents is 1. The first-order valence-electron chi connectivity index (χ1n) is 6.01. The highest BCUT2D eigenvalue weighted by atomic mass is 19.2. The number of methoxy groups -OCH3 is 1. The van der Waals surface area contributed by atoms with Gasteiger partial charge in [0.1, 0.15) is 5.75 Å². The van der Waals surface area contributed by atoms with Gasteiger partial charge in [0.15, 0.2) is 11.6 Å². The van der Waals surface area contributed by atoms with Crippen molar-refractivity contribution in [1.82, 2.24) is 0 Å². The number of anilines is 1. The Kier molecular flexibility index (Phi) is 4.32. The molecule has 0 spiro atoms. The number of benzene rings is 2. The van der Waals surface area contributed by atoms with Gasteiger partial charge in [0.25, 0.3) is 5.69 Å². The van der Waals surface area contributed by atoms with Crippen molar-refractivity contribution in [2.75, 3.05) is 12.4 Å². The van der Waals surface area contributed by atoms with E-state index < -0.39 is 16.6 Å². The molecular weight excluding hydrogens is 282 g/mol. The minimum absolute atomic E-state index is 0.0939. The average Bonchev–Trinajstić information content (AvgIpc) is 2.48. The number of nitro groups is 1. The molecule has 110 valence electrons. The number of hydrogen-bond donors (Lipinski definition) is 1. The molecule has 0 heterocycles. The SMILES string of the molecule is COc1ccc([N+](=O)[O-])cc1NCc1ccc(F)c(F)c1. The highest BCUT2D eigenvalue weighted by Crippen LogP contribution is 2.29. The fourth-order valence-electron chi connectivity index (χ4n) is 1.79. The van der Waals surface area contributed by atoms with Crippen LogP contribution in [-0.4, -0.2) is 12.0 Å². The third-order valence-corrected chi connectivity index (χ3v) is 2.86. The molecule has 0 bridgehead atoms. The molecule has 0 aromatic heterocycles. The Labute approximate surface area is 119 Å². The Balaban J connectivity index is 2.19. The number of ether oxygens (including phenoxy) is 1. The molecule has 0 fully saturated rings. The number of non-ortho nitro benzene ring substituents is 1. The molecule has 7 heteroatoms. The van der Waals surface area contributed by atoms with Gasteiger partial charge in [-0.3, -0.25) is 10.1 Å². The summed E-state index contributed by atoms with van der Waals surface area (Å²) in [5.41, 5.74) is 0.808. The van der Waals surface area contributed by atoms with Crippen molar-refractivity contribution in [3.05, 3.63) is 63.7 Å². The summed E-state index contributed by atoms with van der Waals surface area (Å²) in [4.78, 5) is 10.2. The van der Waals surface area contributed by atoms with Gasteiger partial charge in [-0.1, -0.05) is 6.07 Å². The zero-order valence-electron chi connectivity index (χ0n) is 11.1. The van der Waals surface area contributed by atoms with Crippen molar-refractivity contribution in [3.8, 4) is 5.75 Å². The number of hydrogen-bond acceptors (Lipinski definition) is 4. The van der Waals surface area contributed by atoms with Crippen molar-refractivity contribution in [2.45, 2.75) is 6.54 Å². The topological polar surface area (TPSA) is 64.4 Å². The second kappa shape index (κ2) is 6.17. The zero-order chi connectivity index (χ0) is 15.4. The second-order valence-corrected chi connectivity index (χ2v) is 4.24. The lowest BCUT2D eigenvalue weighted by Gasteiger charge is -2.11. The van der Waals surface area contributed by atoms with E-state index in [4.69, 9.17) is 4.74 Å². The number of nitrogens with zero attached hydrogens (tertiary/aromatic N) is 1. The summed E-state index contributed by atoms with van der Waals surface area (Å²) in [7, 11) is 1.43. The Morgan fingerprint density at radius 3 is 2.57 bits per heavy atom. The van der Waals surface area contributed by atoms with E-state index in [2.05, 4.69) is 5.32 Å². The highest BCUT2D eigenvalue weighted by Gasteiger charge is 2.11. The fourth-order valence-corrected chi connectivity index (χ4v) is 1.79. The monoisotopic (exact) mass is 294 g/mol. The van der Waals surface area contributed by atoms with E-state index in [1.54, 1.807) is 0 Å². The van der Waals surface area contributed by atoms with Crippen LogP contribution in [-0.2, 0) is 6.54 Å². The lowest BCUT2D eigenvalue weighted by atomic mass is 10.2. The quantitative estimate of drug-likeness (QED) is 0.677. The van der Waals surface area contributed by atoms with Crippen molar-refractivity contribution in [3.63, 3.8) is 0 Å². The van der Waals surface area contributed by atoms with E-state index in [0.29, 0.717) is 17.0 Å². The van der Waals surface area contributed by atoms with E-state index in [1.165, 1.54) is 31.4 Å². The van der Waals surface area contributed by atoms with Crippen molar-refractivity contribution >= 4 is 11.4 Å². The van der Waals surface area contributed by atoms with Gasteiger partial charge in [-0.2, -0.15) is 0 Å². The summed E-state index contributed by atoms with van der Waals surface area (Å²) in [5.74, 6) is -1.45. The lowest BCUT2D eigenvalue weighted by Crippen LogP contribution is -2.03. The van der Waals surface area contributed by atoms with Crippen LogP contribution >= 0.6 is 0 Å². The van der Waals surface area contributed by atoms with Gasteiger partial charge in [-0.25, -0.2) is 8.78 Å². The highest BCUT2D eigenvalue weighted by molar-refractivity contribution is 5.61. The van der Waals surface area contributed by atoms with E-state index in [-0.39, 0.29) is 12.2 Å². The molecular formula is C14H12F2N2O3. The summed E-state index contributed by atoms with van der Waals surface area (Å²) in [6.45, 7) is 0.175. The molecule has 2 rings (SSSR count). The van der Waals surface area contributed by atoms with Crippen LogP contribution in [0.5, 0.6) is 5.75 Å². The van der Waals surface area contributed by atoms with Gasteiger partial charge in [0.2, 0.25) is 0 Å². The van der Waals surface area contributed by atoms with E-state index in [9.17, 15) is 18.9 Å². The molecule has 0 aliphatic rings. The number of nitrogens with one attached hydrogen (secondary N) is 1. The van der Waals surface area contributed by atoms with Crippen molar-refractivity contribution < 1.29 is 18.4 Å². The predicted octanol–water partition coefficient (Wildman–Crippen LogP) is 3.49. The predicted molar refractivity (Wildman–Crippen MR) is 73.3 cm³/mol. The first-order valence-corrected chi connectivity index (χ1v) is 6.01. The maximum atomic E-state index is 13.1. The molecule has 2 aromatic carbocycles. The lowest BCUT2D eigenvalue weighted by molar-refractivity contribution is -0.384. The first-order chi connectivity index (χ1) is 10.0. The smallest absolute Gasteiger partial charge is 0.271 e. The van der Waals surface area contributed by atoms with Gasteiger partial charge >= 0.3 is 0 Å². The Hall–Kier alpha value is -2.70. The molecule has 5 nitrogen and oxygen atoms in total. The van der Waals surface area contributed by atoms with E-state index >= 15 is 0 Å². The van der Waals surface area contributed by atoms with Crippen LogP contribution in [0.2, 0.25) is 0 Å².